The Kier molecular flexibility index (Phi) is 4.32. The van der Waals surface area contributed by atoms with Crippen LogP contribution < -0.4 is 10.5 Å². The van der Waals surface area contributed by atoms with Gasteiger partial charge in [-0.15, -0.1) is 0 Å². The molecule has 2 N–H and O–H groups in total. The fraction of sp³-hybridized carbons (Fsp3) is 0.500. The average molecular weight is 283 g/mol. The van der Waals surface area contributed by atoms with Gasteiger partial charge in [0.05, 0.1) is 5.02 Å². The molecule has 1 saturated carbocycles. The van der Waals surface area contributed by atoms with Crippen LogP contribution in [-0.4, -0.2) is 30.5 Å². The molecule has 4 nitrogen and oxygen atoms in total. The van der Waals surface area contributed by atoms with Gasteiger partial charge in [-0.1, -0.05) is 17.7 Å². The quantitative estimate of drug-likeness (QED) is 0.902. The van der Waals surface area contributed by atoms with Crippen LogP contribution in [0.4, 0.5) is 0 Å². The van der Waals surface area contributed by atoms with Crippen LogP contribution in [0.1, 0.15) is 31.4 Å². The smallest absolute Gasteiger partial charge is 0.260 e. The van der Waals surface area contributed by atoms with Crippen molar-refractivity contribution in [3.05, 3.63) is 28.8 Å². The first kappa shape index (κ1) is 14.2. The van der Waals surface area contributed by atoms with E-state index < -0.39 is 0 Å². The van der Waals surface area contributed by atoms with Crippen molar-refractivity contribution in [2.24, 2.45) is 5.73 Å². The SMILES string of the molecule is C[C@H](N)c1ccc(OCC(=O)N(C)C2CC2)c(Cl)c1. The standard InChI is InChI=1S/C14H19ClN2O2/c1-9(16)10-3-6-13(12(15)7-10)19-8-14(18)17(2)11-4-5-11/h3,6-7,9,11H,4-5,8,16H2,1-2H3/t9-/m0/s1. The zero-order chi connectivity index (χ0) is 14.0. The number of amides is 1. The van der Waals surface area contributed by atoms with Gasteiger partial charge >= 0.3 is 0 Å². The molecule has 1 fully saturated rings. The number of carbonyl (C=O) groups excluding carboxylic acids is 1. The van der Waals surface area contributed by atoms with Crippen LogP contribution in [0.25, 0.3) is 0 Å². The van der Waals surface area contributed by atoms with Crippen LogP contribution in [0.5, 0.6) is 5.75 Å². The monoisotopic (exact) mass is 282 g/mol. The maximum Gasteiger partial charge on any atom is 0.260 e. The summed E-state index contributed by atoms with van der Waals surface area (Å²) in [5, 5.41) is 0.483. The Morgan fingerprint density at radius 2 is 2.26 bits per heavy atom. The van der Waals surface area contributed by atoms with E-state index in [4.69, 9.17) is 22.1 Å². The zero-order valence-electron chi connectivity index (χ0n) is 11.2. The molecule has 1 aliphatic rings. The molecule has 0 radical (unpaired) electrons. The number of likely N-dealkylation sites (N-methyl/N-ethyl adjacent to an activating group) is 1. The molecule has 1 aromatic carbocycles. The predicted molar refractivity (Wildman–Crippen MR) is 75.3 cm³/mol. The molecule has 5 heteroatoms. The third-order valence-corrected chi connectivity index (χ3v) is 3.62. The molecule has 1 atom stereocenters. The summed E-state index contributed by atoms with van der Waals surface area (Å²) in [6.45, 7) is 1.91. The van der Waals surface area contributed by atoms with Gasteiger partial charge in [0.1, 0.15) is 5.75 Å². The molecule has 0 aromatic heterocycles. The molecule has 0 spiro atoms. The summed E-state index contributed by atoms with van der Waals surface area (Å²) in [5.41, 5.74) is 6.72. The van der Waals surface area contributed by atoms with Gasteiger partial charge in [0.2, 0.25) is 0 Å². The Morgan fingerprint density at radius 1 is 1.58 bits per heavy atom. The van der Waals surface area contributed by atoms with Crippen molar-refractivity contribution >= 4 is 17.5 Å². The Balaban J connectivity index is 1.93. The minimum absolute atomic E-state index is 0.0181. The molecule has 1 amide bonds. The summed E-state index contributed by atoms with van der Waals surface area (Å²) < 4.78 is 5.47. The second kappa shape index (κ2) is 5.80. The van der Waals surface area contributed by atoms with Gasteiger partial charge in [-0.25, -0.2) is 0 Å². The molecule has 104 valence electrons. The minimum Gasteiger partial charge on any atom is -0.482 e. The van der Waals surface area contributed by atoms with Gasteiger partial charge in [0.25, 0.3) is 5.91 Å². The van der Waals surface area contributed by atoms with E-state index in [1.165, 1.54) is 0 Å². The van der Waals surface area contributed by atoms with Crippen LogP contribution >= 0.6 is 11.6 Å². The van der Waals surface area contributed by atoms with Crippen molar-refractivity contribution in [2.45, 2.75) is 31.8 Å². The summed E-state index contributed by atoms with van der Waals surface area (Å²) in [6, 6.07) is 5.71. The number of benzene rings is 1. The van der Waals surface area contributed by atoms with Crippen molar-refractivity contribution < 1.29 is 9.53 Å². The lowest BCUT2D eigenvalue weighted by Crippen LogP contribution is -2.33. The van der Waals surface area contributed by atoms with Crippen molar-refractivity contribution in [3.63, 3.8) is 0 Å². The normalized spacial score (nSPS) is 16.0. The van der Waals surface area contributed by atoms with Gasteiger partial charge in [0.15, 0.2) is 6.61 Å². The molecular weight excluding hydrogens is 264 g/mol. The van der Waals surface area contributed by atoms with Gasteiger partial charge in [0, 0.05) is 19.1 Å². The number of carbonyl (C=O) groups is 1. The van der Waals surface area contributed by atoms with Gasteiger partial charge in [-0.3, -0.25) is 4.79 Å². The second-order valence-electron chi connectivity index (χ2n) is 5.00. The molecule has 0 unspecified atom stereocenters. The van der Waals surface area contributed by atoms with Crippen LogP contribution in [0, 0.1) is 0 Å². The number of hydrogen-bond donors (Lipinski definition) is 1. The number of ether oxygens (including phenoxy) is 1. The number of hydrogen-bond acceptors (Lipinski definition) is 3. The van der Waals surface area contributed by atoms with E-state index in [0.717, 1.165) is 18.4 Å². The second-order valence-corrected chi connectivity index (χ2v) is 5.41. The largest absolute Gasteiger partial charge is 0.482 e. The van der Waals surface area contributed by atoms with E-state index in [9.17, 15) is 4.79 Å². The summed E-state index contributed by atoms with van der Waals surface area (Å²) in [4.78, 5) is 13.6. The zero-order valence-corrected chi connectivity index (χ0v) is 12.0. The molecule has 0 aliphatic heterocycles. The van der Waals surface area contributed by atoms with Gasteiger partial charge < -0.3 is 15.4 Å². The summed E-state index contributed by atoms with van der Waals surface area (Å²) in [6.07, 6.45) is 2.18. The Bertz CT molecular complexity index is 473. The lowest BCUT2D eigenvalue weighted by molar-refractivity contribution is -0.132. The maximum atomic E-state index is 11.8. The molecule has 2 rings (SSSR count). The highest BCUT2D eigenvalue weighted by molar-refractivity contribution is 6.32. The number of halogens is 1. The van der Waals surface area contributed by atoms with Crippen molar-refractivity contribution in [3.8, 4) is 5.75 Å². The fourth-order valence-corrected chi connectivity index (χ4v) is 2.07. The first-order valence-electron chi connectivity index (χ1n) is 6.42. The van der Waals surface area contributed by atoms with Gasteiger partial charge in [-0.2, -0.15) is 0 Å². The topological polar surface area (TPSA) is 55.6 Å². The average Bonchev–Trinajstić information content (AvgIpc) is 3.20. The molecule has 1 aliphatic carbocycles. The third kappa shape index (κ3) is 3.61. The maximum absolute atomic E-state index is 11.8. The van der Waals surface area contributed by atoms with Crippen LogP contribution in [0.15, 0.2) is 18.2 Å². The minimum atomic E-state index is -0.0748. The summed E-state index contributed by atoms with van der Waals surface area (Å²) >= 11 is 6.11. The highest BCUT2D eigenvalue weighted by Crippen LogP contribution is 2.28. The number of rotatable bonds is 5. The number of nitrogens with two attached hydrogens (primary N) is 1. The molecule has 0 heterocycles. The molecular formula is C14H19ClN2O2. The third-order valence-electron chi connectivity index (χ3n) is 3.32. The van der Waals surface area contributed by atoms with Crippen molar-refractivity contribution in [1.29, 1.82) is 0 Å². The molecule has 1 aromatic rings. The lowest BCUT2D eigenvalue weighted by atomic mass is 10.1. The van der Waals surface area contributed by atoms with Crippen molar-refractivity contribution in [1.82, 2.24) is 4.90 Å². The van der Waals surface area contributed by atoms with E-state index in [2.05, 4.69) is 0 Å². The van der Waals surface area contributed by atoms with E-state index in [-0.39, 0.29) is 18.6 Å². The molecule has 19 heavy (non-hydrogen) atoms. The summed E-state index contributed by atoms with van der Waals surface area (Å²) in [5.74, 6) is 0.499. The van der Waals surface area contributed by atoms with E-state index >= 15 is 0 Å². The Morgan fingerprint density at radius 3 is 2.79 bits per heavy atom. The Labute approximate surface area is 118 Å². The van der Waals surface area contributed by atoms with E-state index in [1.807, 2.05) is 20.0 Å². The lowest BCUT2D eigenvalue weighted by Gasteiger charge is -2.17. The van der Waals surface area contributed by atoms with Crippen LogP contribution in [-0.2, 0) is 4.79 Å². The predicted octanol–water partition coefficient (Wildman–Crippen LogP) is 2.36. The number of nitrogens with zero attached hydrogens (tertiary/aromatic N) is 1. The fourth-order valence-electron chi connectivity index (χ4n) is 1.82. The van der Waals surface area contributed by atoms with E-state index in [0.29, 0.717) is 16.8 Å². The van der Waals surface area contributed by atoms with E-state index in [1.54, 1.807) is 17.0 Å². The highest BCUT2D eigenvalue weighted by atomic mass is 35.5. The first-order valence-corrected chi connectivity index (χ1v) is 6.80. The van der Waals surface area contributed by atoms with Gasteiger partial charge in [-0.05, 0) is 37.5 Å². The van der Waals surface area contributed by atoms with Crippen LogP contribution in [0.2, 0.25) is 5.02 Å². The van der Waals surface area contributed by atoms with Crippen LogP contribution in [0.3, 0.4) is 0 Å². The Hall–Kier alpha value is -1.26. The highest BCUT2D eigenvalue weighted by Gasteiger charge is 2.29. The summed E-state index contributed by atoms with van der Waals surface area (Å²) in [7, 11) is 1.81. The van der Waals surface area contributed by atoms with Crippen molar-refractivity contribution in [2.75, 3.05) is 13.7 Å². The molecule has 0 bridgehead atoms. The molecule has 0 saturated heterocycles. The first-order chi connectivity index (χ1) is 8.99.